The molecule has 0 aromatic heterocycles. The molecule has 6 nitrogen and oxygen atoms in total. The van der Waals surface area contributed by atoms with Gasteiger partial charge in [0.15, 0.2) is 6.10 Å². The summed E-state index contributed by atoms with van der Waals surface area (Å²) in [6, 6.07) is 0. The number of carbonyl (C=O) groups excluding carboxylic acids is 3. The molecule has 0 saturated carbocycles. The average molecular weight is 994 g/mol. The fraction of sp³-hybridized carbons (Fsp3) is 0.800. The zero-order valence-corrected chi connectivity index (χ0v) is 47.2. The molecule has 0 aliphatic carbocycles. The SMILES string of the molecule is CCCC/C=C\CCCCCCCC(=O)OCC(COC(=O)CCCCCCCCCCCCCCCC/C=C\C/C=C\C/C=C\CCCCCCC)OC(=O)CCCCCCC/C=C\CCCCCC. The molecule has 0 aromatic rings. The maximum atomic E-state index is 12.8. The molecule has 0 bridgehead atoms. The maximum Gasteiger partial charge on any atom is 0.306 e. The Bertz CT molecular complexity index is 1280. The van der Waals surface area contributed by atoms with E-state index < -0.39 is 6.10 Å². The van der Waals surface area contributed by atoms with E-state index in [0.717, 1.165) is 89.9 Å². The molecule has 0 aliphatic rings. The molecule has 0 fully saturated rings. The maximum absolute atomic E-state index is 12.8. The van der Waals surface area contributed by atoms with Crippen molar-refractivity contribution in [1.82, 2.24) is 0 Å². The van der Waals surface area contributed by atoms with Crippen molar-refractivity contribution in [1.29, 1.82) is 0 Å². The van der Waals surface area contributed by atoms with Crippen LogP contribution in [0, 0.1) is 0 Å². The molecule has 0 saturated heterocycles. The van der Waals surface area contributed by atoms with Crippen LogP contribution in [-0.2, 0) is 28.6 Å². The predicted octanol–water partition coefficient (Wildman–Crippen LogP) is 20.8. The van der Waals surface area contributed by atoms with E-state index in [9.17, 15) is 14.4 Å². The van der Waals surface area contributed by atoms with Gasteiger partial charge in [0.1, 0.15) is 13.2 Å². The van der Waals surface area contributed by atoms with Gasteiger partial charge in [0, 0.05) is 19.3 Å². The van der Waals surface area contributed by atoms with Crippen LogP contribution in [-0.4, -0.2) is 37.2 Å². The zero-order valence-electron chi connectivity index (χ0n) is 47.2. The Labute approximate surface area is 440 Å². The van der Waals surface area contributed by atoms with Crippen LogP contribution in [0.5, 0.6) is 0 Å². The van der Waals surface area contributed by atoms with E-state index in [1.807, 2.05) is 0 Å². The second kappa shape index (κ2) is 59.7. The summed E-state index contributed by atoms with van der Waals surface area (Å²) in [5.41, 5.74) is 0. The lowest BCUT2D eigenvalue weighted by Crippen LogP contribution is -2.30. The summed E-state index contributed by atoms with van der Waals surface area (Å²) in [5, 5.41) is 0. The Balaban J connectivity index is 4.15. The van der Waals surface area contributed by atoms with Crippen molar-refractivity contribution in [2.45, 2.75) is 322 Å². The minimum atomic E-state index is -0.780. The van der Waals surface area contributed by atoms with Gasteiger partial charge in [-0.3, -0.25) is 14.4 Å². The number of allylic oxidation sites excluding steroid dienone is 10. The molecule has 0 spiro atoms. The highest BCUT2D eigenvalue weighted by Gasteiger charge is 2.19. The molecule has 71 heavy (non-hydrogen) atoms. The summed E-state index contributed by atoms with van der Waals surface area (Å²) in [6.45, 7) is 6.58. The van der Waals surface area contributed by atoms with Crippen LogP contribution in [0.25, 0.3) is 0 Å². The van der Waals surface area contributed by atoms with Crippen LogP contribution >= 0.6 is 0 Å². The monoisotopic (exact) mass is 993 g/mol. The predicted molar refractivity (Wildman–Crippen MR) is 307 cm³/mol. The smallest absolute Gasteiger partial charge is 0.306 e. The van der Waals surface area contributed by atoms with Gasteiger partial charge in [-0.05, 0) is 103 Å². The molecular weight excluding hydrogens is 877 g/mol. The molecule has 0 N–H and O–H groups in total. The number of carbonyl (C=O) groups is 3. The lowest BCUT2D eigenvalue weighted by molar-refractivity contribution is -0.167. The van der Waals surface area contributed by atoms with Crippen LogP contribution in [0.2, 0.25) is 0 Å². The zero-order chi connectivity index (χ0) is 51.4. The van der Waals surface area contributed by atoms with Gasteiger partial charge in [0.25, 0.3) is 0 Å². The van der Waals surface area contributed by atoms with Crippen molar-refractivity contribution in [3.8, 4) is 0 Å². The second-order valence-corrected chi connectivity index (χ2v) is 20.6. The molecule has 0 radical (unpaired) electrons. The highest BCUT2D eigenvalue weighted by atomic mass is 16.6. The summed E-state index contributed by atoms with van der Waals surface area (Å²) in [5.74, 6) is -0.887. The van der Waals surface area contributed by atoms with Gasteiger partial charge in [-0.25, -0.2) is 0 Å². The summed E-state index contributed by atoms with van der Waals surface area (Å²) in [6.07, 6.45) is 75.2. The third-order valence-corrected chi connectivity index (χ3v) is 13.5. The largest absolute Gasteiger partial charge is 0.462 e. The van der Waals surface area contributed by atoms with Crippen LogP contribution < -0.4 is 0 Å². The third kappa shape index (κ3) is 57.9. The van der Waals surface area contributed by atoms with Gasteiger partial charge < -0.3 is 14.2 Å². The second-order valence-electron chi connectivity index (χ2n) is 20.6. The number of hydrogen-bond acceptors (Lipinski definition) is 6. The Hall–Kier alpha value is -2.89. The molecule has 0 aliphatic heterocycles. The number of ether oxygens (including phenoxy) is 3. The number of esters is 3. The molecule has 0 rings (SSSR count). The number of unbranched alkanes of at least 4 members (excludes halogenated alkanes) is 35. The van der Waals surface area contributed by atoms with Gasteiger partial charge >= 0.3 is 17.9 Å². The lowest BCUT2D eigenvalue weighted by atomic mass is 10.0. The standard InChI is InChI=1S/C65H116O6/c1-4-7-10-13-16-19-22-24-25-26-27-28-29-30-31-32-33-34-35-36-37-38-39-41-43-46-49-52-55-58-64(67)70-61-62(60-69-63(66)57-54-51-48-45-42-21-18-15-12-9-6-3)71-65(68)59-56-53-50-47-44-40-23-20-17-14-11-8-5-2/h15,18,20,22-24,26-27,29-30,62H,4-14,16-17,19,21,25,28,31-61H2,1-3H3/b18-15-,23-20-,24-22-,27-26-,30-29-. The molecule has 0 heterocycles. The molecule has 0 amide bonds. The molecule has 412 valence electrons. The molecule has 1 unspecified atom stereocenters. The summed E-state index contributed by atoms with van der Waals surface area (Å²) in [7, 11) is 0. The molecule has 0 aromatic carbocycles. The van der Waals surface area contributed by atoms with Crippen LogP contribution in [0.1, 0.15) is 316 Å². The van der Waals surface area contributed by atoms with E-state index in [0.29, 0.717) is 19.3 Å². The van der Waals surface area contributed by atoms with Crippen molar-refractivity contribution in [2.75, 3.05) is 13.2 Å². The van der Waals surface area contributed by atoms with Crippen LogP contribution in [0.3, 0.4) is 0 Å². The molecule has 1 atom stereocenters. The van der Waals surface area contributed by atoms with E-state index in [1.54, 1.807) is 0 Å². The van der Waals surface area contributed by atoms with Gasteiger partial charge in [-0.1, -0.05) is 255 Å². The van der Waals surface area contributed by atoms with Crippen molar-refractivity contribution in [3.05, 3.63) is 60.8 Å². The van der Waals surface area contributed by atoms with Gasteiger partial charge in [0.2, 0.25) is 0 Å². The Kier molecular flexibility index (Phi) is 57.2. The van der Waals surface area contributed by atoms with Crippen LogP contribution in [0.4, 0.5) is 0 Å². The van der Waals surface area contributed by atoms with E-state index in [-0.39, 0.29) is 31.1 Å². The Morgan fingerprint density at radius 1 is 0.282 bits per heavy atom. The fourth-order valence-electron chi connectivity index (χ4n) is 8.78. The normalized spacial score (nSPS) is 12.4. The summed E-state index contributed by atoms with van der Waals surface area (Å²) < 4.78 is 16.8. The van der Waals surface area contributed by atoms with Crippen molar-refractivity contribution in [2.24, 2.45) is 0 Å². The number of rotatable bonds is 56. The Morgan fingerprint density at radius 3 is 0.859 bits per heavy atom. The molecular formula is C65H116O6. The Morgan fingerprint density at radius 2 is 0.521 bits per heavy atom. The lowest BCUT2D eigenvalue weighted by Gasteiger charge is -2.18. The first-order valence-corrected chi connectivity index (χ1v) is 30.8. The minimum Gasteiger partial charge on any atom is -0.462 e. The average Bonchev–Trinajstić information content (AvgIpc) is 3.37. The quantitative estimate of drug-likeness (QED) is 0.0261. The topological polar surface area (TPSA) is 78.9 Å². The summed E-state index contributed by atoms with van der Waals surface area (Å²) in [4.78, 5) is 38.1. The van der Waals surface area contributed by atoms with Crippen molar-refractivity contribution >= 4 is 17.9 Å². The van der Waals surface area contributed by atoms with Crippen LogP contribution in [0.15, 0.2) is 60.8 Å². The first-order valence-electron chi connectivity index (χ1n) is 30.8. The van der Waals surface area contributed by atoms with E-state index in [1.165, 1.54) is 186 Å². The van der Waals surface area contributed by atoms with Gasteiger partial charge in [0.05, 0.1) is 0 Å². The fourth-order valence-corrected chi connectivity index (χ4v) is 8.78. The van der Waals surface area contributed by atoms with E-state index in [2.05, 4.69) is 81.5 Å². The summed E-state index contributed by atoms with van der Waals surface area (Å²) >= 11 is 0. The number of hydrogen-bond donors (Lipinski definition) is 0. The van der Waals surface area contributed by atoms with Crippen molar-refractivity contribution < 1.29 is 28.6 Å². The highest BCUT2D eigenvalue weighted by Crippen LogP contribution is 2.16. The van der Waals surface area contributed by atoms with Gasteiger partial charge in [-0.15, -0.1) is 0 Å². The highest BCUT2D eigenvalue weighted by molar-refractivity contribution is 5.71. The van der Waals surface area contributed by atoms with Crippen molar-refractivity contribution in [3.63, 3.8) is 0 Å². The molecule has 6 heteroatoms. The van der Waals surface area contributed by atoms with Gasteiger partial charge in [-0.2, -0.15) is 0 Å². The first kappa shape index (κ1) is 68.1. The van der Waals surface area contributed by atoms with E-state index >= 15 is 0 Å². The first-order chi connectivity index (χ1) is 35.0. The third-order valence-electron chi connectivity index (χ3n) is 13.5. The minimum absolute atomic E-state index is 0.0786. The van der Waals surface area contributed by atoms with E-state index in [4.69, 9.17) is 14.2 Å².